The first-order chi connectivity index (χ1) is 11.1. The van der Waals surface area contributed by atoms with Crippen molar-refractivity contribution in [1.82, 2.24) is 10.9 Å². The van der Waals surface area contributed by atoms with E-state index in [-0.39, 0.29) is 5.91 Å². The van der Waals surface area contributed by atoms with Gasteiger partial charge in [0.2, 0.25) is 0 Å². The maximum atomic E-state index is 12.3. The van der Waals surface area contributed by atoms with Crippen LogP contribution in [0.2, 0.25) is 0 Å². The Kier molecular flexibility index (Phi) is 4.93. The van der Waals surface area contributed by atoms with Crippen molar-refractivity contribution in [2.45, 2.75) is 32.6 Å². The summed E-state index contributed by atoms with van der Waals surface area (Å²) in [6.45, 7) is 2.03. The molecule has 0 aliphatic heterocycles. The number of hydrogen-bond donors (Lipinski definition) is 3. The molecule has 0 spiro atoms. The number of thiophene rings is 1. The molecule has 4 nitrogen and oxygen atoms in total. The van der Waals surface area contributed by atoms with Crippen molar-refractivity contribution in [3.63, 3.8) is 0 Å². The van der Waals surface area contributed by atoms with Gasteiger partial charge in [0, 0.05) is 15.9 Å². The standard InChI is InChI=1S/C17H19N3OS2/c1-11-6-8-12(9-7-11)18-17(22)20-19-16(21)14-10-23-15-5-3-2-4-13(14)15/h6-10H,2-5H2,1H3,(H,19,21)(H2,18,20,22). The number of carbonyl (C=O) groups is 1. The highest BCUT2D eigenvalue weighted by molar-refractivity contribution is 7.80. The number of amides is 1. The lowest BCUT2D eigenvalue weighted by atomic mass is 9.96. The minimum absolute atomic E-state index is 0.127. The predicted octanol–water partition coefficient (Wildman–Crippen LogP) is 3.57. The largest absolute Gasteiger partial charge is 0.331 e. The molecule has 6 heteroatoms. The van der Waals surface area contributed by atoms with Gasteiger partial charge in [-0.15, -0.1) is 11.3 Å². The lowest BCUT2D eigenvalue weighted by Gasteiger charge is -2.14. The number of hydrogen-bond acceptors (Lipinski definition) is 3. The molecule has 1 aliphatic carbocycles. The molecule has 0 unspecified atom stereocenters. The second kappa shape index (κ2) is 7.10. The fourth-order valence-electron chi connectivity index (χ4n) is 2.66. The van der Waals surface area contributed by atoms with Gasteiger partial charge in [-0.3, -0.25) is 15.6 Å². The molecule has 1 aliphatic rings. The third-order valence-electron chi connectivity index (χ3n) is 3.90. The van der Waals surface area contributed by atoms with Crippen molar-refractivity contribution < 1.29 is 4.79 Å². The molecule has 1 heterocycles. The van der Waals surface area contributed by atoms with Crippen molar-refractivity contribution in [3.8, 4) is 0 Å². The average Bonchev–Trinajstić information content (AvgIpc) is 2.99. The van der Waals surface area contributed by atoms with Gasteiger partial charge >= 0.3 is 0 Å². The number of benzene rings is 1. The van der Waals surface area contributed by atoms with Gasteiger partial charge in [-0.1, -0.05) is 17.7 Å². The third-order valence-corrected chi connectivity index (χ3v) is 5.20. The van der Waals surface area contributed by atoms with Crippen molar-refractivity contribution >= 4 is 40.3 Å². The van der Waals surface area contributed by atoms with Gasteiger partial charge in [0.05, 0.1) is 5.56 Å². The van der Waals surface area contributed by atoms with Crippen molar-refractivity contribution in [2.75, 3.05) is 5.32 Å². The van der Waals surface area contributed by atoms with Gasteiger partial charge in [0.1, 0.15) is 0 Å². The SMILES string of the molecule is Cc1ccc(NC(=S)NNC(=O)c2csc3c2CCCC3)cc1. The van der Waals surface area contributed by atoms with Crippen LogP contribution in [0.4, 0.5) is 5.69 Å². The quantitative estimate of drug-likeness (QED) is 0.575. The fourth-order valence-corrected chi connectivity index (χ4v) is 3.96. The average molecular weight is 345 g/mol. The van der Waals surface area contributed by atoms with Gasteiger partial charge in [0.15, 0.2) is 5.11 Å². The van der Waals surface area contributed by atoms with Gasteiger partial charge < -0.3 is 5.32 Å². The Bertz CT molecular complexity index is 722. The van der Waals surface area contributed by atoms with Crippen LogP contribution in [0.15, 0.2) is 29.6 Å². The van der Waals surface area contributed by atoms with Crippen LogP contribution in [0.3, 0.4) is 0 Å². The molecule has 0 atom stereocenters. The molecule has 1 amide bonds. The topological polar surface area (TPSA) is 53.2 Å². The Morgan fingerprint density at radius 2 is 1.87 bits per heavy atom. The Morgan fingerprint density at radius 3 is 2.65 bits per heavy atom. The molecule has 0 bridgehead atoms. The van der Waals surface area contributed by atoms with E-state index < -0.39 is 0 Å². The van der Waals surface area contributed by atoms with Crippen LogP contribution in [0, 0.1) is 6.92 Å². The molecule has 3 rings (SSSR count). The van der Waals surface area contributed by atoms with Crippen LogP contribution >= 0.6 is 23.6 Å². The molecule has 0 saturated heterocycles. The third kappa shape index (κ3) is 3.89. The van der Waals surface area contributed by atoms with Gasteiger partial charge in [-0.25, -0.2) is 0 Å². The van der Waals surface area contributed by atoms with Crippen molar-refractivity contribution in [1.29, 1.82) is 0 Å². The van der Waals surface area contributed by atoms with Crippen molar-refractivity contribution in [2.24, 2.45) is 0 Å². The molecular formula is C17H19N3OS2. The number of anilines is 1. The summed E-state index contributed by atoms with van der Waals surface area (Å²) in [6, 6.07) is 7.89. The Labute approximate surface area is 145 Å². The number of carbonyl (C=O) groups excluding carboxylic acids is 1. The van der Waals surface area contributed by atoms with Crippen LogP contribution in [0.5, 0.6) is 0 Å². The highest BCUT2D eigenvalue weighted by Crippen LogP contribution is 2.29. The van der Waals surface area contributed by atoms with E-state index in [1.807, 2.05) is 36.6 Å². The fraction of sp³-hybridized carbons (Fsp3) is 0.294. The van der Waals surface area contributed by atoms with E-state index in [9.17, 15) is 4.79 Å². The van der Waals surface area contributed by atoms with Crippen LogP contribution < -0.4 is 16.2 Å². The summed E-state index contributed by atoms with van der Waals surface area (Å²) >= 11 is 6.88. The van der Waals surface area contributed by atoms with Crippen LogP contribution in [0.25, 0.3) is 0 Å². The molecule has 23 heavy (non-hydrogen) atoms. The molecule has 0 radical (unpaired) electrons. The van der Waals surface area contributed by atoms with Gasteiger partial charge in [0.25, 0.3) is 5.91 Å². The van der Waals surface area contributed by atoms with E-state index in [4.69, 9.17) is 12.2 Å². The number of fused-ring (bicyclic) bond motifs is 1. The number of hydrazine groups is 1. The number of rotatable bonds is 2. The van der Waals surface area contributed by atoms with E-state index in [0.29, 0.717) is 5.11 Å². The maximum Gasteiger partial charge on any atom is 0.270 e. The Hall–Kier alpha value is -1.92. The lowest BCUT2D eigenvalue weighted by Crippen LogP contribution is -2.43. The Morgan fingerprint density at radius 1 is 1.13 bits per heavy atom. The normalized spacial score (nSPS) is 13.1. The molecule has 2 aromatic rings. The Balaban J connectivity index is 1.55. The molecule has 0 fully saturated rings. The van der Waals surface area contributed by atoms with E-state index in [1.54, 1.807) is 11.3 Å². The molecule has 3 N–H and O–H groups in total. The monoisotopic (exact) mass is 345 g/mol. The zero-order valence-corrected chi connectivity index (χ0v) is 14.6. The molecule has 1 aromatic heterocycles. The smallest absolute Gasteiger partial charge is 0.270 e. The highest BCUT2D eigenvalue weighted by atomic mass is 32.1. The summed E-state index contributed by atoms with van der Waals surface area (Å²) in [4.78, 5) is 13.7. The summed E-state index contributed by atoms with van der Waals surface area (Å²) in [6.07, 6.45) is 4.46. The minimum atomic E-state index is -0.127. The first-order valence-electron chi connectivity index (χ1n) is 7.67. The minimum Gasteiger partial charge on any atom is -0.331 e. The van der Waals surface area contributed by atoms with Crippen LogP contribution in [-0.2, 0) is 12.8 Å². The number of thiocarbonyl (C=S) groups is 1. The van der Waals surface area contributed by atoms with E-state index in [2.05, 4.69) is 16.2 Å². The number of nitrogens with one attached hydrogen (secondary N) is 3. The molecular weight excluding hydrogens is 326 g/mol. The summed E-state index contributed by atoms with van der Waals surface area (Å²) in [5.41, 5.74) is 9.50. The van der Waals surface area contributed by atoms with E-state index in [1.165, 1.54) is 22.4 Å². The number of aryl methyl sites for hydroxylation is 2. The van der Waals surface area contributed by atoms with E-state index in [0.717, 1.165) is 30.5 Å². The maximum absolute atomic E-state index is 12.3. The molecule has 120 valence electrons. The highest BCUT2D eigenvalue weighted by Gasteiger charge is 2.20. The molecule has 0 saturated carbocycles. The summed E-state index contributed by atoms with van der Waals surface area (Å²) < 4.78 is 0. The second-order valence-corrected chi connectivity index (χ2v) is 7.03. The van der Waals surface area contributed by atoms with E-state index >= 15 is 0 Å². The van der Waals surface area contributed by atoms with Gasteiger partial charge in [-0.2, -0.15) is 0 Å². The summed E-state index contributed by atoms with van der Waals surface area (Å²) in [5.74, 6) is -0.127. The predicted molar refractivity (Wildman–Crippen MR) is 99.0 cm³/mol. The second-order valence-electron chi connectivity index (χ2n) is 5.66. The van der Waals surface area contributed by atoms with Gasteiger partial charge in [-0.05, 0) is 62.5 Å². The van der Waals surface area contributed by atoms with Crippen molar-refractivity contribution in [3.05, 3.63) is 51.2 Å². The summed E-state index contributed by atoms with van der Waals surface area (Å²) in [7, 11) is 0. The summed E-state index contributed by atoms with van der Waals surface area (Å²) in [5, 5.41) is 5.36. The van der Waals surface area contributed by atoms with Crippen LogP contribution in [-0.4, -0.2) is 11.0 Å². The first-order valence-corrected chi connectivity index (χ1v) is 8.95. The zero-order chi connectivity index (χ0) is 16.2. The van der Waals surface area contributed by atoms with Crippen LogP contribution in [0.1, 0.15) is 39.2 Å². The first kappa shape index (κ1) is 16.0. The molecule has 1 aromatic carbocycles. The lowest BCUT2D eigenvalue weighted by molar-refractivity contribution is 0.0943. The zero-order valence-electron chi connectivity index (χ0n) is 12.9.